The zero-order valence-electron chi connectivity index (χ0n) is 31.5. The zero-order chi connectivity index (χ0) is 37.7. The van der Waals surface area contributed by atoms with Crippen molar-refractivity contribution >= 4 is 54.5 Å². The molecule has 3 heteroatoms. The summed E-state index contributed by atoms with van der Waals surface area (Å²) in [6.45, 7) is 0. The molecule has 11 rings (SSSR count). The predicted octanol–water partition coefficient (Wildman–Crippen LogP) is 14.2. The molecule has 270 valence electrons. The van der Waals surface area contributed by atoms with E-state index in [2.05, 4.69) is 173 Å². The Hall–Kier alpha value is -7.10. The molecule has 6 aromatic carbocycles. The van der Waals surface area contributed by atoms with Crippen molar-refractivity contribution in [3.63, 3.8) is 0 Å². The number of fused-ring (bicyclic) bond motifs is 5. The molecule has 3 aromatic heterocycles. The van der Waals surface area contributed by atoms with Crippen molar-refractivity contribution in [1.82, 2.24) is 14.5 Å². The average molecular weight is 730 g/mol. The number of hydrogen-bond acceptors (Lipinski definition) is 2. The number of aromatic nitrogens is 3. The molecule has 1 unspecified atom stereocenters. The first-order valence-electron chi connectivity index (χ1n) is 20.0. The molecular weight excluding hydrogens is 691 g/mol. The number of rotatable bonds is 6. The van der Waals surface area contributed by atoms with Gasteiger partial charge >= 0.3 is 0 Å². The number of nitrogens with zero attached hydrogens (tertiary/aromatic N) is 3. The van der Waals surface area contributed by atoms with Gasteiger partial charge in [-0.15, -0.1) is 0 Å². The second-order valence-electron chi connectivity index (χ2n) is 15.2. The lowest BCUT2D eigenvalue weighted by Gasteiger charge is -2.22. The van der Waals surface area contributed by atoms with Gasteiger partial charge < -0.3 is 4.57 Å². The Bertz CT molecular complexity index is 3070. The van der Waals surface area contributed by atoms with Crippen LogP contribution in [0.5, 0.6) is 0 Å². The monoisotopic (exact) mass is 729 g/mol. The van der Waals surface area contributed by atoms with E-state index < -0.39 is 0 Å². The maximum absolute atomic E-state index is 4.91. The lowest BCUT2D eigenvalue weighted by molar-refractivity contribution is 0.647. The first-order valence-corrected chi connectivity index (χ1v) is 20.0. The highest BCUT2D eigenvalue weighted by molar-refractivity contribution is 6.19. The third-order valence-electron chi connectivity index (χ3n) is 12.0. The van der Waals surface area contributed by atoms with E-state index in [0.29, 0.717) is 0 Å². The van der Waals surface area contributed by atoms with Gasteiger partial charge in [-0.3, -0.25) is 9.97 Å². The smallest absolute Gasteiger partial charge is 0.0893 e. The fourth-order valence-electron chi connectivity index (χ4n) is 9.25. The van der Waals surface area contributed by atoms with Crippen LogP contribution in [-0.4, -0.2) is 14.5 Å². The Morgan fingerprint density at radius 2 is 1.09 bits per heavy atom. The van der Waals surface area contributed by atoms with E-state index >= 15 is 0 Å². The van der Waals surface area contributed by atoms with Gasteiger partial charge in [0.25, 0.3) is 0 Å². The van der Waals surface area contributed by atoms with Crippen molar-refractivity contribution in [2.24, 2.45) is 0 Å². The molecule has 9 aromatic rings. The Morgan fingerprint density at radius 3 is 1.77 bits per heavy atom. The van der Waals surface area contributed by atoms with Crippen LogP contribution in [-0.2, 0) is 0 Å². The number of pyridine rings is 2. The van der Waals surface area contributed by atoms with E-state index in [9.17, 15) is 0 Å². The van der Waals surface area contributed by atoms with Crippen LogP contribution in [0.15, 0.2) is 194 Å². The Labute approximate surface area is 332 Å². The molecule has 0 saturated carbocycles. The summed E-state index contributed by atoms with van der Waals surface area (Å²) in [5, 5.41) is 7.66. The molecule has 0 aliphatic heterocycles. The molecule has 0 N–H and O–H groups in total. The predicted molar refractivity (Wildman–Crippen MR) is 240 cm³/mol. The van der Waals surface area contributed by atoms with Crippen molar-refractivity contribution in [2.45, 2.75) is 25.3 Å². The lowest BCUT2D eigenvalue weighted by atomic mass is 9.82. The van der Waals surface area contributed by atoms with Crippen LogP contribution >= 0.6 is 0 Å². The SMILES string of the molecule is C1=CCC(n2c3ccc(C4=CC=C(c5c6ccccc6c(-c6ccc(-c7ccccc7)cc6)c6ccccc56)CC4)cc3c3cc(-c4ccccn4)ncc32)C=C1. The molecule has 0 saturated heterocycles. The summed E-state index contributed by atoms with van der Waals surface area (Å²) < 4.78 is 2.47. The maximum atomic E-state index is 4.91. The van der Waals surface area contributed by atoms with Gasteiger partial charge in [0.2, 0.25) is 0 Å². The van der Waals surface area contributed by atoms with Crippen molar-refractivity contribution in [3.05, 3.63) is 206 Å². The average Bonchev–Trinajstić information content (AvgIpc) is 3.62. The largest absolute Gasteiger partial charge is 0.332 e. The molecule has 0 amide bonds. The zero-order valence-corrected chi connectivity index (χ0v) is 31.5. The highest BCUT2D eigenvalue weighted by atomic mass is 15.0. The Morgan fingerprint density at radius 1 is 0.456 bits per heavy atom. The second kappa shape index (κ2) is 13.9. The lowest BCUT2D eigenvalue weighted by Crippen LogP contribution is -2.07. The summed E-state index contributed by atoms with van der Waals surface area (Å²) in [7, 11) is 0. The maximum Gasteiger partial charge on any atom is 0.0893 e. The third-order valence-corrected chi connectivity index (χ3v) is 12.0. The van der Waals surface area contributed by atoms with Gasteiger partial charge in [-0.1, -0.05) is 152 Å². The second-order valence-corrected chi connectivity index (χ2v) is 15.2. The number of allylic oxidation sites excluding steroid dienone is 8. The van der Waals surface area contributed by atoms with E-state index in [1.54, 1.807) is 0 Å². The van der Waals surface area contributed by atoms with Crippen LogP contribution in [0.25, 0.3) is 88.1 Å². The van der Waals surface area contributed by atoms with E-state index in [1.807, 2.05) is 30.6 Å². The van der Waals surface area contributed by atoms with E-state index in [1.165, 1.54) is 82.4 Å². The topological polar surface area (TPSA) is 30.7 Å². The van der Waals surface area contributed by atoms with Crippen molar-refractivity contribution in [3.8, 4) is 33.6 Å². The van der Waals surface area contributed by atoms with Crippen molar-refractivity contribution < 1.29 is 0 Å². The molecule has 3 nitrogen and oxygen atoms in total. The molecule has 3 heterocycles. The summed E-state index contributed by atoms with van der Waals surface area (Å²) in [6, 6.07) is 53.2. The van der Waals surface area contributed by atoms with Crippen LogP contribution in [0.1, 0.15) is 36.4 Å². The van der Waals surface area contributed by atoms with Crippen LogP contribution in [0.3, 0.4) is 0 Å². The molecule has 0 bridgehead atoms. The van der Waals surface area contributed by atoms with Gasteiger partial charge in [0.1, 0.15) is 0 Å². The molecule has 57 heavy (non-hydrogen) atoms. The van der Waals surface area contributed by atoms with Gasteiger partial charge in [-0.05, 0) is 116 Å². The van der Waals surface area contributed by atoms with Gasteiger partial charge in [0, 0.05) is 22.5 Å². The van der Waals surface area contributed by atoms with E-state index in [-0.39, 0.29) is 6.04 Å². The highest BCUT2D eigenvalue weighted by Crippen LogP contribution is 2.45. The van der Waals surface area contributed by atoms with Gasteiger partial charge in [-0.2, -0.15) is 0 Å². The fraction of sp³-hybridized carbons (Fsp3) is 0.0741. The molecule has 2 aliphatic carbocycles. The van der Waals surface area contributed by atoms with Crippen LogP contribution in [0.2, 0.25) is 0 Å². The quantitative estimate of drug-likeness (QED) is 0.160. The van der Waals surface area contributed by atoms with Gasteiger partial charge in [-0.25, -0.2) is 0 Å². The minimum absolute atomic E-state index is 0.243. The standard InChI is InChI=1S/C54H39N3/c1-3-13-36(14-4-1)37-22-26-39(27-23-37)53-43-17-7-9-19-45(43)54(46-20-10-8-18-44(46)53)40-28-24-38(25-29-40)41-30-31-51-47(33-41)48-34-50(49-21-11-12-32-55-49)56-35-52(48)57(51)42-15-5-2-6-16-42/h1-15,17-24,26-28,30-35,42H,16,25,29H2. The van der Waals surface area contributed by atoms with Crippen LogP contribution in [0, 0.1) is 0 Å². The molecular formula is C54H39N3. The molecule has 0 spiro atoms. The Balaban J connectivity index is 1.02. The minimum atomic E-state index is 0.243. The Kier molecular flexibility index (Phi) is 8.10. The first-order chi connectivity index (χ1) is 28.3. The van der Waals surface area contributed by atoms with Crippen LogP contribution < -0.4 is 0 Å². The molecule has 1 atom stereocenters. The summed E-state index contributed by atoms with van der Waals surface area (Å²) in [5.41, 5.74) is 14.6. The summed E-state index contributed by atoms with van der Waals surface area (Å²) in [4.78, 5) is 9.54. The third kappa shape index (κ3) is 5.74. The molecule has 0 radical (unpaired) electrons. The minimum Gasteiger partial charge on any atom is -0.332 e. The summed E-state index contributed by atoms with van der Waals surface area (Å²) >= 11 is 0. The highest BCUT2D eigenvalue weighted by Gasteiger charge is 2.22. The normalized spacial score (nSPS) is 15.4. The fourth-order valence-corrected chi connectivity index (χ4v) is 9.25. The van der Waals surface area contributed by atoms with Crippen molar-refractivity contribution in [2.75, 3.05) is 0 Å². The molecule has 0 fully saturated rings. The van der Waals surface area contributed by atoms with E-state index in [0.717, 1.165) is 36.2 Å². The summed E-state index contributed by atoms with van der Waals surface area (Å²) in [5.74, 6) is 0. The number of hydrogen-bond donors (Lipinski definition) is 0. The van der Waals surface area contributed by atoms with Gasteiger partial charge in [0.05, 0.1) is 29.1 Å². The number of benzene rings is 6. The van der Waals surface area contributed by atoms with Crippen molar-refractivity contribution in [1.29, 1.82) is 0 Å². The molecule has 2 aliphatic rings. The first kappa shape index (κ1) is 33.3. The van der Waals surface area contributed by atoms with Gasteiger partial charge in [0.15, 0.2) is 0 Å². The van der Waals surface area contributed by atoms with Crippen LogP contribution in [0.4, 0.5) is 0 Å². The van der Waals surface area contributed by atoms with E-state index in [4.69, 9.17) is 4.98 Å². The summed E-state index contributed by atoms with van der Waals surface area (Å²) in [6.07, 6.45) is 20.4.